The second-order valence-electron chi connectivity index (χ2n) is 5.96. The van der Waals surface area contributed by atoms with Gasteiger partial charge in [-0.3, -0.25) is 9.59 Å². The van der Waals surface area contributed by atoms with Crippen LogP contribution in [0.15, 0.2) is 36.4 Å². The molecule has 2 aromatic carbocycles. The summed E-state index contributed by atoms with van der Waals surface area (Å²) in [7, 11) is 0. The molecule has 2 amide bonds. The fourth-order valence-electron chi connectivity index (χ4n) is 2.81. The first-order valence-electron chi connectivity index (χ1n) is 8.00. The van der Waals surface area contributed by atoms with Crippen molar-refractivity contribution in [3.63, 3.8) is 0 Å². The van der Waals surface area contributed by atoms with Crippen LogP contribution < -0.4 is 24.8 Å². The normalized spacial score (nSPS) is 20.5. The Morgan fingerprint density at radius 2 is 1.92 bits per heavy atom. The molecule has 2 N–H and O–H groups in total. The summed E-state index contributed by atoms with van der Waals surface area (Å²) in [5.41, 5.74) is 0.824. The predicted octanol–water partition coefficient (Wildman–Crippen LogP) is 2.84. The van der Waals surface area contributed by atoms with Gasteiger partial charge in [-0.05, 0) is 25.1 Å². The molecular weight excluding hydrogens is 360 g/mol. The third-order valence-electron chi connectivity index (χ3n) is 4.06. The van der Waals surface area contributed by atoms with Gasteiger partial charge < -0.3 is 24.8 Å². The van der Waals surface area contributed by atoms with E-state index in [4.69, 9.17) is 25.8 Å². The average Bonchev–Trinajstić information content (AvgIpc) is 2.62. The van der Waals surface area contributed by atoms with E-state index >= 15 is 0 Å². The summed E-state index contributed by atoms with van der Waals surface area (Å²) >= 11 is 6.22. The molecule has 0 bridgehead atoms. The van der Waals surface area contributed by atoms with Crippen molar-refractivity contribution in [3.8, 4) is 17.2 Å². The minimum absolute atomic E-state index is 0.0879. The molecule has 0 fully saturated rings. The van der Waals surface area contributed by atoms with Crippen molar-refractivity contribution in [2.45, 2.75) is 19.1 Å². The molecule has 0 saturated heterocycles. The van der Waals surface area contributed by atoms with E-state index in [9.17, 15) is 9.59 Å². The highest BCUT2D eigenvalue weighted by Gasteiger charge is 2.34. The monoisotopic (exact) mass is 374 g/mol. The number of amides is 2. The third kappa shape index (κ3) is 3.01. The molecule has 0 unspecified atom stereocenters. The van der Waals surface area contributed by atoms with Crippen LogP contribution in [0.2, 0.25) is 5.02 Å². The second kappa shape index (κ2) is 6.42. The van der Waals surface area contributed by atoms with E-state index in [2.05, 4.69) is 10.6 Å². The zero-order valence-corrected chi connectivity index (χ0v) is 14.5. The Morgan fingerprint density at radius 3 is 2.69 bits per heavy atom. The Labute approximate surface area is 154 Å². The quantitative estimate of drug-likeness (QED) is 0.844. The van der Waals surface area contributed by atoms with Crippen molar-refractivity contribution < 1.29 is 23.8 Å². The Balaban J connectivity index is 1.54. The first-order valence-corrected chi connectivity index (χ1v) is 8.38. The minimum Gasteiger partial charge on any atom is -0.482 e. The van der Waals surface area contributed by atoms with Gasteiger partial charge in [0.05, 0.1) is 16.4 Å². The molecule has 2 aliphatic heterocycles. The standard InChI is InChI=1S/C18H15ClN2O5/c1-9-17(26-14-5-3-2-4-13(14)25-9)18(23)21-11-7-15-12(6-10(11)19)20-16(22)8-24-15/h2-7,9,17H,8H2,1H3,(H,20,22)(H,21,23)/t9-,17+/m0/s1. The van der Waals surface area contributed by atoms with Crippen LogP contribution in [0.4, 0.5) is 11.4 Å². The molecule has 2 aromatic rings. The average molecular weight is 375 g/mol. The number of rotatable bonds is 2. The van der Waals surface area contributed by atoms with Gasteiger partial charge >= 0.3 is 0 Å². The maximum atomic E-state index is 12.7. The smallest absolute Gasteiger partial charge is 0.269 e. The third-order valence-corrected chi connectivity index (χ3v) is 4.37. The maximum absolute atomic E-state index is 12.7. The molecule has 26 heavy (non-hydrogen) atoms. The van der Waals surface area contributed by atoms with Crippen LogP contribution in [0.3, 0.4) is 0 Å². The molecule has 0 aliphatic carbocycles. The fourth-order valence-corrected chi connectivity index (χ4v) is 3.02. The van der Waals surface area contributed by atoms with Crippen LogP contribution in [-0.2, 0) is 9.59 Å². The van der Waals surface area contributed by atoms with Crippen LogP contribution in [0.5, 0.6) is 17.2 Å². The number of benzene rings is 2. The van der Waals surface area contributed by atoms with E-state index in [1.807, 2.05) is 6.07 Å². The van der Waals surface area contributed by atoms with Crippen molar-refractivity contribution in [1.29, 1.82) is 0 Å². The Bertz CT molecular complexity index is 901. The lowest BCUT2D eigenvalue weighted by Gasteiger charge is -2.31. The van der Waals surface area contributed by atoms with Gasteiger partial charge in [0, 0.05) is 6.07 Å². The number of carbonyl (C=O) groups excluding carboxylic acids is 2. The predicted molar refractivity (Wildman–Crippen MR) is 95.2 cm³/mol. The van der Waals surface area contributed by atoms with Crippen LogP contribution >= 0.6 is 11.6 Å². The zero-order chi connectivity index (χ0) is 18.3. The lowest BCUT2D eigenvalue weighted by molar-refractivity contribution is -0.128. The van der Waals surface area contributed by atoms with Crippen LogP contribution in [0.25, 0.3) is 0 Å². The molecule has 0 saturated carbocycles. The van der Waals surface area contributed by atoms with E-state index in [1.54, 1.807) is 31.2 Å². The van der Waals surface area contributed by atoms with E-state index in [-0.39, 0.29) is 17.5 Å². The molecule has 2 heterocycles. The van der Waals surface area contributed by atoms with Crippen molar-refractivity contribution in [1.82, 2.24) is 0 Å². The van der Waals surface area contributed by atoms with Crippen LogP contribution in [0, 0.1) is 0 Å². The van der Waals surface area contributed by atoms with Gasteiger partial charge in [-0.1, -0.05) is 23.7 Å². The number of hydrogen-bond acceptors (Lipinski definition) is 5. The molecule has 0 spiro atoms. The molecule has 0 aromatic heterocycles. The van der Waals surface area contributed by atoms with E-state index < -0.39 is 18.1 Å². The van der Waals surface area contributed by atoms with Gasteiger partial charge in [0.2, 0.25) is 6.10 Å². The maximum Gasteiger partial charge on any atom is 0.269 e. The van der Waals surface area contributed by atoms with Crippen molar-refractivity contribution in [2.24, 2.45) is 0 Å². The van der Waals surface area contributed by atoms with Gasteiger partial charge in [-0.15, -0.1) is 0 Å². The lowest BCUT2D eigenvalue weighted by atomic mass is 10.1. The Morgan fingerprint density at radius 1 is 1.19 bits per heavy atom. The molecule has 8 heteroatoms. The summed E-state index contributed by atoms with van der Waals surface area (Å²) in [5.74, 6) is 0.885. The molecule has 134 valence electrons. The minimum atomic E-state index is -0.836. The van der Waals surface area contributed by atoms with Crippen LogP contribution in [0.1, 0.15) is 6.92 Å². The molecule has 7 nitrogen and oxygen atoms in total. The molecule has 2 aliphatic rings. The van der Waals surface area contributed by atoms with Gasteiger partial charge in [-0.25, -0.2) is 0 Å². The largest absolute Gasteiger partial charge is 0.482 e. The SMILES string of the molecule is C[C@@H]1Oc2ccccc2O[C@H]1C(=O)Nc1cc2c(cc1Cl)NC(=O)CO2. The molecular formula is C18H15ClN2O5. The van der Waals surface area contributed by atoms with Crippen molar-refractivity contribution in [3.05, 3.63) is 41.4 Å². The number of fused-ring (bicyclic) bond motifs is 2. The van der Waals surface area contributed by atoms with E-state index in [0.29, 0.717) is 28.6 Å². The summed E-state index contributed by atoms with van der Waals surface area (Å²) in [6.45, 7) is 1.67. The second-order valence-corrected chi connectivity index (χ2v) is 6.37. The number of carbonyl (C=O) groups is 2. The van der Waals surface area contributed by atoms with Crippen molar-refractivity contribution >= 4 is 34.8 Å². The van der Waals surface area contributed by atoms with Gasteiger partial charge in [0.25, 0.3) is 11.8 Å². The molecule has 0 radical (unpaired) electrons. The number of ether oxygens (including phenoxy) is 3. The van der Waals surface area contributed by atoms with Crippen LogP contribution in [-0.4, -0.2) is 30.6 Å². The summed E-state index contributed by atoms with van der Waals surface area (Å²) in [6, 6.07) is 10.3. The fraction of sp³-hybridized carbons (Fsp3) is 0.222. The topological polar surface area (TPSA) is 85.9 Å². The zero-order valence-electron chi connectivity index (χ0n) is 13.7. The molecule has 4 rings (SSSR count). The van der Waals surface area contributed by atoms with E-state index in [0.717, 1.165) is 0 Å². The van der Waals surface area contributed by atoms with Crippen molar-refractivity contribution in [2.75, 3.05) is 17.2 Å². The lowest BCUT2D eigenvalue weighted by Crippen LogP contribution is -2.46. The first-order chi connectivity index (χ1) is 12.5. The first kappa shape index (κ1) is 16.5. The summed E-state index contributed by atoms with van der Waals surface area (Å²) in [4.78, 5) is 24.0. The van der Waals surface area contributed by atoms with Gasteiger partial charge in [0.15, 0.2) is 18.1 Å². The highest BCUT2D eigenvalue weighted by atomic mass is 35.5. The van der Waals surface area contributed by atoms with Gasteiger partial charge in [0.1, 0.15) is 11.9 Å². The Kier molecular flexibility index (Phi) is 4.08. The Hall–Kier alpha value is -2.93. The number of hydrogen-bond donors (Lipinski definition) is 2. The summed E-state index contributed by atoms with van der Waals surface area (Å²) < 4.78 is 16.9. The highest BCUT2D eigenvalue weighted by Crippen LogP contribution is 2.37. The summed E-state index contributed by atoms with van der Waals surface area (Å²) in [6.07, 6.45) is -1.31. The highest BCUT2D eigenvalue weighted by molar-refractivity contribution is 6.34. The van der Waals surface area contributed by atoms with E-state index in [1.165, 1.54) is 6.07 Å². The number of halogens is 1. The number of anilines is 2. The number of para-hydroxylation sites is 2. The van der Waals surface area contributed by atoms with Gasteiger partial charge in [-0.2, -0.15) is 0 Å². The molecule has 2 atom stereocenters. The number of nitrogens with one attached hydrogen (secondary N) is 2. The summed E-state index contributed by atoms with van der Waals surface area (Å²) in [5, 5.41) is 5.66.